The average Bonchev–Trinajstić information content (AvgIpc) is 3.55. The van der Waals surface area contributed by atoms with Crippen molar-refractivity contribution in [3.05, 3.63) is 169 Å². The largest absolute Gasteiger partial charge is 0.297 e. The molecule has 2 aromatic heterocycles. The summed E-state index contributed by atoms with van der Waals surface area (Å²) in [6.07, 6.45) is 6.02. The Bertz CT molecular complexity index is 2670. The minimum atomic E-state index is -0.107. The Morgan fingerprint density at radius 3 is 2.24 bits per heavy atom. The lowest BCUT2D eigenvalue weighted by atomic mass is 9.82. The quantitative estimate of drug-likeness (QED) is 0.177. The smallest absolute Gasteiger partial charge is 0.162 e. The highest BCUT2D eigenvalue weighted by atomic mass is 15.1. The predicted molar refractivity (Wildman–Crippen MR) is 206 cm³/mol. The SMILES string of the molecule is C=C/C=C\c1c(C)n(-c2nc(-c3cccc4c3-c3ccccc3C4(C)C)nc3ccccc23)c2ccc(-c3ccc4ccccc4c3)cc12. The van der Waals surface area contributed by atoms with Gasteiger partial charge in [-0.05, 0) is 81.4 Å². The molecule has 0 N–H and O–H groups in total. The summed E-state index contributed by atoms with van der Waals surface area (Å²) in [7, 11) is 0. The molecule has 3 nitrogen and oxygen atoms in total. The number of hydrogen-bond acceptors (Lipinski definition) is 2. The van der Waals surface area contributed by atoms with Crippen molar-refractivity contribution in [1.29, 1.82) is 0 Å². The Labute approximate surface area is 286 Å². The van der Waals surface area contributed by atoms with Crippen molar-refractivity contribution in [1.82, 2.24) is 14.5 Å². The van der Waals surface area contributed by atoms with Gasteiger partial charge in [-0.25, -0.2) is 9.97 Å². The number of benzene rings is 6. The molecule has 0 fully saturated rings. The molecular weight excluding hydrogens is 595 g/mol. The molecule has 3 heteroatoms. The van der Waals surface area contributed by atoms with E-state index in [0.717, 1.165) is 44.9 Å². The van der Waals surface area contributed by atoms with E-state index in [1.165, 1.54) is 49.5 Å². The molecule has 0 amide bonds. The van der Waals surface area contributed by atoms with Crippen LogP contribution in [0, 0.1) is 6.92 Å². The summed E-state index contributed by atoms with van der Waals surface area (Å²) in [6, 6.07) is 45.8. The number of allylic oxidation sites excluding steroid dienone is 2. The molecule has 0 spiro atoms. The minimum Gasteiger partial charge on any atom is -0.297 e. The molecule has 234 valence electrons. The van der Waals surface area contributed by atoms with Crippen molar-refractivity contribution < 1.29 is 0 Å². The molecule has 1 aliphatic rings. The number of hydrogen-bond donors (Lipinski definition) is 0. The number of aromatic nitrogens is 3. The minimum absolute atomic E-state index is 0.107. The lowest BCUT2D eigenvalue weighted by Gasteiger charge is -2.21. The molecule has 9 rings (SSSR count). The Hall–Kier alpha value is -6.06. The molecule has 6 aromatic carbocycles. The summed E-state index contributed by atoms with van der Waals surface area (Å²) in [5.74, 6) is 1.61. The van der Waals surface area contributed by atoms with E-state index in [1.807, 2.05) is 12.2 Å². The maximum atomic E-state index is 5.47. The van der Waals surface area contributed by atoms with Gasteiger partial charge in [-0.2, -0.15) is 0 Å². The summed E-state index contributed by atoms with van der Waals surface area (Å²) in [5, 5.41) is 4.66. The fourth-order valence-electron chi connectivity index (χ4n) is 7.93. The van der Waals surface area contributed by atoms with Gasteiger partial charge in [-0.3, -0.25) is 4.57 Å². The van der Waals surface area contributed by atoms with E-state index in [-0.39, 0.29) is 5.41 Å². The maximum absolute atomic E-state index is 5.47. The highest BCUT2D eigenvalue weighted by Gasteiger charge is 2.37. The summed E-state index contributed by atoms with van der Waals surface area (Å²) in [5.41, 5.74) is 12.8. The van der Waals surface area contributed by atoms with Crippen LogP contribution in [0.5, 0.6) is 0 Å². The van der Waals surface area contributed by atoms with Gasteiger partial charge >= 0.3 is 0 Å². The molecule has 0 aliphatic heterocycles. The second-order valence-electron chi connectivity index (χ2n) is 13.5. The van der Waals surface area contributed by atoms with Gasteiger partial charge in [-0.1, -0.05) is 136 Å². The zero-order valence-corrected chi connectivity index (χ0v) is 27.9. The molecule has 0 radical (unpaired) electrons. The molecule has 1 aliphatic carbocycles. The number of nitrogens with zero attached hydrogens (tertiary/aromatic N) is 3. The third-order valence-corrected chi connectivity index (χ3v) is 10.4. The van der Waals surface area contributed by atoms with E-state index in [1.54, 1.807) is 0 Å². The molecule has 8 aromatic rings. The topological polar surface area (TPSA) is 30.7 Å². The lowest BCUT2D eigenvalue weighted by Crippen LogP contribution is -2.14. The Kier molecular flexibility index (Phi) is 6.53. The highest BCUT2D eigenvalue weighted by molar-refractivity contribution is 5.99. The van der Waals surface area contributed by atoms with E-state index in [4.69, 9.17) is 9.97 Å². The molecule has 2 heterocycles. The van der Waals surface area contributed by atoms with Crippen molar-refractivity contribution in [3.8, 4) is 39.5 Å². The van der Waals surface area contributed by atoms with Gasteiger partial charge in [0.2, 0.25) is 0 Å². The molecule has 0 unspecified atom stereocenters. The Balaban J connectivity index is 1.30. The zero-order valence-electron chi connectivity index (χ0n) is 27.9. The first-order chi connectivity index (χ1) is 23.9. The number of fused-ring (bicyclic) bond motifs is 6. The molecule has 0 atom stereocenters. The van der Waals surface area contributed by atoms with Gasteiger partial charge in [0.05, 0.1) is 11.0 Å². The second kappa shape index (κ2) is 11.0. The summed E-state index contributed by atoms with van der Waals surface area (Å²) in [4.78, 5) is 10.7. The molecule has 0 saturated carbocycles. The molecule has 49 heavy (non-hydrogen) atoms. The summed E-state index contributed by atoms with van der Waals surface area (Å²) < 4.78 is 2.32. The van der Waals surface area contributed by atoms with Crippen LogP contribution in [0.15, 0.2) is 146 Å². The van der Waals surface area contributed by atoms with E-state index < -0.39 is 0 Å². The third-order valence-electron chi connectivity index (χ3n) is 10.4. The first-order valence-electron chi connectivity index (χ1n) is 16.9. The van der Waals surface area contributed by atoms with Crippen molar-refractivity contribution in [2.24, 2.45) is 0 Å². The van der Waals surface area contributed by atoms with Crippen LogP contribution < -0.4 is 0 Å². The second-order valence-corrected chi connectivity index (χ2v) is 13.5. The van der Waals surface area contributed by atoms with Gasteiger partial charge in [0.1, 0.15) is 5.82 Å². The predicted octanol–water partition coefficient (Wildman–Crippen LogP) is 11.9. The maximum Gasteiger partial charge on any atom is 0.162 e. The summed E-state index contributed by atoms with van der Waals surface area (Å²) in [6.45, 7) is 10.8. The number of para-hydroxylation sites is 1. The van der Waals surface area contributed by atoms with E-state index in [0.29, 0.717) is 0 Å². The van der Waals surface area contributed by atoms with Crippen LogP contribution in [0.1, 0.15) is 36.2 Å². The average molecular weight is 630 g/mol. The highest BCUT2D eigenvalue weighted by Crippen LogP contribution is 2.51. The first kappa shape index (κ1) is 29.1. The summed E-state index contributed by atoms with van der Waals surface area (Å²) >= 11 is 0. The van der Waals surface area contributed by atoms with Crippen LogP contribution in [-0.2, 0) is 5.41 Å². The third kappa shape index (κ3) is 4.43. The normalized spacial score (nSPS) is 13.4. The van der Waals surface area contributed by atoms with Crippen LogP contribution in [0.4, 0.5) is 0 Å². The fourth-order valence-corrected chi connectivity index (χ4v) is 7.93. The molecule has 0 bridgehead atoms. The van der Waals surface area contributed by atoms with Gasteiger partial charge in [0.15, 0.2) is 5.82 Å². The van der Waals surface area contributed by atoms with Crippen LogP contribution in [0.2, 0.25) is 0 Å². The molecular formula is C46H35N3. The van der Waals surface area contributed by atoms with Crippen LogP contribution in [-0.4, -0.2) is 14.5 Å². The van der Waals surface area contributed by atoms with Crippen LogP contribution in [0.3, 0.4) is 0 Å². The van der Waals surface area contributed by atoms with Crippen LogP contribution in [0.25, 0.3) is 78.1 Å². The Morgan fingerprint density at radius 2 is 1.37 bits per heavy atom. The lowest BCUT2D eigenvalue weighted by molar-refractivity contribution is 0.660. The monoisotopic (exact) mass is 629 g/mol. The van der Waals surface area contributed by atoms with Gasteiger partial charge in [0, 0.05) is 33.0 Å². The fraction of sp³-hybridized carbons (Fsp3) is 0.0870. The van der Waals surface area contributed by atoms with Crippen molar-refractivity contribution in [2.75, 3.05) is 0 Å². The van der Waals surface area contributed by atoms with Gasteiger partial charge in [0.25, 0.3) is 0 Å². The molecule has 0 saturated heterocycles. The van der Waals surface area contributed by atoms with Crippen molar-refractivity contribution in [3.63, 3.8) is 0 Å². The standard InChI is InChI=1S/C46H35N3/c1-5-6-16-34-29(2)49(42-26-25-33(28-38(34)42)32-24-23-30-14-7-8-15-31(30)27-32)45-36-18-10-12-22-41(36)47-44(48-45)37-19-13-21-40-43(37)35-17-9-11-20-39(35)46(40,3)4/h5-28H,1H2,2-4H3/b16-6-. The van der Waals surface area contributed by atoms with E-state index in [9.17, 15) is 0 Å². The van der Waals surface area contributed by atoms with E-state index in [2.05, 4.69) is 165 Å². The zero-order chi connectivity index (χ0) is 33.3. The van der Waals surface area contributed by atoms with Crippen molar-refractivity contribution in [2.45, 2.75) is 26.2 Å². The van der Waals surface area contributed by atoms with E-state index >= 15 is 0 Å². The van der Waals surface area contributed by atoms with Gasteiger partial charge in [-0.15, -0.1) is 0 Å². The Morgan fingerprint density at radius 1 is 0.653 bits per heavy atom. The van der Waals surface area contributed by atoms with Crippen molar-refractivity contribution >= 4 is 38.7 Å². The van der Waals surface area contributed by atoms with Crippen LogP contribution >= 0.6 is 0 Å². The number of rotatable bonds is 5. The first-order valence-corrected chi connectivity index (χ1v) is 16.9. The van der Waals surface area contributed by atoms with Gasteiger partial charge < -0.3 is 0 Å².